The molecule has 1 amide bonds. The van der Waals surface area contributed by atoms with Gasteiger partial charge in [-0.05, 0) is 79.5 Å². The Morgan fingerprint density at radius 3 is 2.53 bits per heavy atom. The van der Waals surface area contributed by atoms with Gasteiger partial charge in [0.15, 0.2) is 0 Å². The molecule has 1 fully saturated rings. The molecule has 3 aromatic rings. The predicted octanol–water partition coefficient (Wildman–Crippen LogP) is 3.60. The smallest absolute Gasteiger partial charge is 0.247 e. The third-order valence-corrected chi connectivity index (χ3v) is 6.41. The first-order valence-corrected chi connectivity index (χ1v) is 11.3. The quantitative estimate of drug-likeness (QED) is 0.533. The SMILES string of the molecule is NCC1CCC(C(=O)NC(Cc2ccccc2)c2cc(-c3ccc(=O)[nH]c3)ccn2)CC1. The minimum Gasteiger partial charge on any atom is -0.347 e. The number of nitrogens with one attached hydrogen (secondary N) is 2. The van der Waals surface area contributed by atoms with E-state index in [1.807, 2.05) is 30.3 Å². The zero-order valence-corrected chi connectivity index (χ0v) is 18.2. The number of hydrogen-bond acceptors (Lipinski definition) is 4. The number of H-pyrrole nitrogens is 1. The fourth-order valence-corrected chi connectivity index (χ4v) is 4.44. The molecule has 2 heterocycles. The lowest BCUT2D eigenvalue weighted by Crippen LogP contribution is -2.37. The van der Waals surface area contributed by atoms with Crippen molar-refractivity contribution in [2.75, 3.05) is 6.54 Å². The van der Waals surface area contributed by atoms with E-state index in [1.54, 1.807) is 18.5 Å². The molecule has 4 rings (SSSR count). The van der Waals surface area contributed by atoms with Crippen LogP contribution in [0.2, 0.25) is 0 Å². The summed E-state index contributed by atoms with van der Waals surface area (Å²) in [5.74, 6) is 0.658. The Bertz CT molecular complexity index is 1070. The topological polar surface area (TPSA) is 101 Å². The number of pyridine rings is 2. The second-order valence-corrected chi connectivity index (χ2v) is 8.62. The number of carbonyl (C=O) groups is 1. The van der Waals surface area contributed by atoms with Crippen molar-refractivity contribution < 1.29 is 4.79 Å². The molecule has 1 saturated carbocycles. The van der Waals surface area contributed by atoms with E-state index in [-0.39, 0.29) is 23.4 Å². The molecule has 32 heavy (non-hydrogen) atoms. The molecule has 1 aliphatic rings. The molecular formula is C26H30N4O2. The average molecular weight is 431 g/mol. The highest BCUT2D eigenvalue weighted by atomic mass is 16.2. The summed E-state index contributed by atoms with van der Waals surface area (Å²) in [6.07, 6.45) is 7.91. The Morgan fingerprint density at radius 2 is 1.84 bits per heavy atom. The first-order valence-electron chi connectivity index (χ1n) is 11.3. The standard InChI is InChI=1S/C26H30N4O2/c27-16-19-6-8-20(9-7-19)26(32)30-24(14-18-4-2-1-3-5-18)23-15-21(12-13-28-23)22-10-11-25(31)29-17-22/h1-5,10-13,15,17,19-20,24H,6-9,14,16,27H2,(H,29,31)(H,30,32). The molecule has 6 heteroatoms. The van der Waals surface area contributed by atoms with Gasteiger partial charge in [-0.3, -0.25) is 14.6 Å². The maximum Gasteiger partial charge on any atom is 0.247 e. The van der Waals surface area contributed by atoms with Gasteiger partial charge in [0.25, 0.3) is 0 Å². The van der Waals surface area contributed by atoms with Crippen molar-refractivity contribution in [2.45, 2.75) is 38.1 Å². The number of aromatic nitrogens is 2. The highest BCUT2D eigenvalue weighted by Crippen LogP contribution is 2.29. The van der Waals surface area contributed by atoms with Gasteiger partial charge in [-0.1, -0.05) is 30.3 Å². The van der Waals surface area contributed by atoms with Gasteiger partial charge in [0.05, 0.1) is 11.7 Å². The van der Waals surface area contributed by atoms with E-state index < -0.39 is 0 Å². The maximum absolute atomic E-state index is 13.1. The van der Waals surface area contributed by atoms with Crippen molar-refractivity contribution in [1.82, 2.24) is 15.3 Å². The van der Waals surface area contributed by atoms with Gasteiger partial charge in [-0.2, -0.15) is 0 Å². The lowest BCUT2D eigenvalue weighted by molar-refractivity contribution is -0.127. The molecule has 2 aromatic heterocycles. The van der Waals surface area contributed by atoms with Gasteiger partial charge >= 0.3 is 0 Å². The molecule has 1 atom stereocenters. The predicted molar refractivity (Wildman–Crippen MR) is 126 cm³/mol. The first-order chi connectivity index (χ1) is 15.6. The lowest BCUT2D eigenvalue weighted by Gasteiger charge is -2.28. The normalized spacial score (nSPS) is 19.3. The molecule has 0 aliphatic heterocycles. The van der Waals surface area contributed by atoms with Crippen molar-refractivity contribution in [3.8, 4) is 11.1 Å². The number of nitrogens with two attached hydrogens (primary N) is 1. The number of aromatic amines is 1. The third kappa shape index (κ3) is 5.51. The fraction of sp³-hybridized carbons (Fsp3) is 0.346. The first kappa shape index (κ1) is 22.0. The second-order valence-electron chi connectivity index (χ2n) is 8.62. The van der Waals surface area contributed by atoms with Crippen LogP contribution in [0.25, 0.3) is 11.1 Å². The average Bonchev–Trinajstić information content (AvgIpc) is 2.85. The van der Waals surface area contributed by atoms with E-state index in [1.165, 1.54) is 6.07 Å². The molecule has 4 N–H and O–H groups in total. The largest absolute Gasteiger partial charge is 0.347 e. The molecule has 0 radical (unpaired) electrons. The van der Waals surface area contributed by atoms with E-state index in [2.05, 4.69) is 27.4 Å². The van der Waals surface area contributed by atoms with Crippen molar-refractivity contribution in [2.24, 2.45) is 17.6 Å². The molecule has 0 saturated heterocycles. The summed E-state index contributed by atoms with van der Waals surface area (Å²) in [7, 11) is 0. The number of nitrogens with zero attached hydrogens (tertiary/aromatic N) is 1. The van der Waals surface area contributed by atoms with Crippen LogP contribution >= 0.6 is 0 Å². The van der Waals surface area contributed by atoms with Crippen LogP contribution in [0.4, 0.5) is 0 Å². The Morgan fingerprint density at radius 1 is 1.06 bits per heavy atom. The zero-order valence-electron chi connectivity index (χ0n) is 18.2. The van der Waals surface area contributed by atoms with Crippen molar-refractivity contribution >= 4 is 5.91 Å². The molecule has 1 aromatic carbocycles. The van der Waals surface area contributed by atoms with E-state index >= 15 is 0 Å². The van der Waals surface area contributed by atoms with Crippen molar-refractivity contribution in [3.63, 3.8) is 0 Å². The fourth-order valence-electron chi connectivity index (χ4n) is 4.44. The summed E-state index contributed by atoms with van der Waals surface area (Å²) in [5, 5.41) is 3.28. The van der Waals surface area contributed by atoms with Crippen molar-refractivity contribution in [1.29, 1.82) is 0 Å². The van der Waals surface area contributed by atoms with E-state index in [9.17, 15) is 9.59 Å². The van der Waals surface area contributed by atoms with Crippen LogP contribution in [0.3, 0.4) is 0 Å². The Labute approximate surface area is 188 Å². The summed E-state index contributed by atoms with van der Waals surface area (Å²) >= 11 is 0. The lowest BCUT2D eigenvalue weighted by atomic mass is 9.81. The van der Waals surface area contributed by atoms with Gasteiger partial charge in [0.1, 0.15) is 0 Å². The summed E-state index contributed by atoms with van der Waals surface area (Å²) in [5.41, 5.74) is 9.47. The molecule has 166 valence electrons. The van der Waals surface area contributed by atoms with Crippen LogP contribution in [-0.4, -0.2) is 22.4 Å². The van der Waals surface area contributed by atoms with Gasteiger partial charge in [0, 0.05) is 24.4 Å². The molecule has 0 spiro atoms. The summed E-state index contributed by atoms with van der Waals surface area (Å²) in [6, 6.07) is 17.1. The van der Waals surface area contributed by atoms with Crippen LogP contribution in [0.5, 0.6) is 0 Å². The van der Waals surface area contributed by atoms with Gasteiger partial charge in [-0.25, -0.2) is 0 Å². The van der Waals surface area contributed by atoms with Crippen molar-refractivity contribution in [3.05, 3.63) is 88.6 Å². The maximum atomic E-state index is 13.1. The van der Waals surface area contributed by atoms with Crippen LogP contribution in [0.1, 0.15) is 43.0 Å². The summed E-state index contributed by atoms with van der Waals surface area (Å²) in [4.78, 5) is 31.9. The van der Waals surface area contributed by atoms with Gasteiger partial charge in [0.2, 0.25) is 11.5 Å². The number of hydrogen-bond donors (Lipinski definition) is 3. The molecule has 1 aliphatic carbocycles. The third-order valence-electron chi connectivity index (χ3n) is 6.41. The van der Waals surface area contributed by atoms with Crippen LogP contribution < -0.4 is 16.6 Å². The summed E-state index contributed by atoms with van der Waals surface area (Å²) < 4.78 is 0. The number of rotatable bonds is 7. The Hall–Kier alpha value is -3.25. The van der Waals surface area contributed by atoms with E-state index in [0.717, 1.165) is 48.1 Å². The van der Waals surface area contributed by atoms with Crippen LogP contribution in [0, 0.1) is 11.8 Å². The molecule has 6 nitrogen and oxygen atoms in total. The van der Waals surface area contributed by atoms with E-state index in [4.69, 9.17) is 5.73 Å². The zero-order chi connectivity index (χ0) is 22.3. The highest BCUT2D eigenvalue weighted by molar-refractivity contribution is 5.79. The Kier molecular flexibility index (Phi) is 7.12. The second kappa shape index (κ2) is 10.4. The van der Waals surface area contributed by atoms with Gasteiger partial charge in [-0.15, -0.1) is 0 Å². The minimum absolute atomic E-state index is 0.0263. The number of amides is 1. The number of carbonyl (C=O) groups excluding carboxylic acids is 1. The molecule has 1 unspecified atom stereocenters. The van der Waals surface area contributed by atoms with Gasteiger partial charge < -0.3 is 16.0 Å². The number of benzene rings is 1. The molecular weight excluding hydrogens is 400 g/mol. The highest BCUT2D eigenvalue weighted by Gasteiger charge is 2.28. The van der Waals surface area contributed by atoms with Crippen LogP contribution in [0.15, 0.2) is 71.8 Å². The summed E-state index contributed by atoms with van der Waals surface area (Å²) in [6.45, 7) is 0.701. The minimum atomic E-state index is -0.236. The van der Waals surface area contributed by atoms with E-state index in [0.29, 0.717) is 18.9 Å². The monoisotopic (exact) mass is 430 g/mol. The van der Waals surface area contributed by atoms with Crippen LogP contribution in [-0.2, 0) is 11.2 Å². The Balaban J connectivity index is 1.57. The molecule has 0 bridgehead atoms.